The van der Waals surface area contributed by atoms with Crippen LogP contribution in [0, 0.1) is 5.82 Å². The molecule has 4 rings (SSSR count). The van der Waals surface area contributed by atoms with Crippen molar-refractivity contribution < 1.29 is 28.6 Å². The first-order valence-electron chi connectivity index (χ1n) is 11.6. The van der Waals surface area contributed by atoms with Crippen LogP contribution in [0.1, 0.15) is 36.1 Å². The molecule has 1 N–H and O–H groups in total. The topological polar surface area (TPSA) is 76.1 Å². The number of hydrogen-bond acceptors (Lipinski definition) is 4. The van der Waals surface area contributed by atoms with Crippen LogP contribution < -0.4 is 4.74 Å². The average Bonchev–Trinajstić information content (AvgIpc) is 2.84. The first kappa shape index (κ1) is 24.3. The summed E-state index contributed by atoms with van der Waals surface area (Å²) >= 11 is 0. The van der Waals surface area contributed by atoms with E-state index in [0.29, 0.717) is 46.5 Å². The van der Waals surface area contributed by atoms with Gasteiger partial charge >= 0.3 is 12.1 Å². The second-order valence-corrected chi connectivity index (χ2v) is 8.83. The number of carbonyl (C=O) groups is 2. The van der Waals surface area contributed by atoms with E-state index in [-0.39, 0.29) is 31.5 Å². The zero-order valence-corrected chi connectivity index (χ0v) is 19.8. The number of aliphatic carboxylic acids is 1. The number of hydrogen-bond donors (Lipinski definition) is 1. The number of amides is 1. The first-order chi connectivity index (χ1) is 16.8. The zero-order chi connectivity index (χ0) is 24.9. The van der Waals surface area contributed by atoms with Crippen LogP contribution in [0.25, 0.3) is 11.1 Å². The molecule has 0 radical (unpaired) electrons. The van der Waals surface area contributed by atoms with Gasteiger partial charge in [0.15, 0.2) is 0 Å². The minimum atomic E-state index is -0.943. The summed E-state index contributed by atoms with van der Waals surface area (Å²) < 4.78 is 26.3. The largest absolute Gasteiger partial charge is 0.490 e. The van der Waals surface area contributed by atoms with E-state index in [9.17, 15) is 19.1 Å². The van der Waals surface area contributed by atoms with Crippen molar-refractivity contribution in [2.24, 2.45) is 0 Å². The molecule has 0 aliphatic carbocycles. The van der Waals surface area contributed by atoms with Gasteiger partial charge in [0, 0.05) is 18.7 Å². The molecule has 0 bridgehead atoms. The summed E-state index contributed by atoms with van der Waals surface area (Å²) in [5, 5.41) is 9.26. The smallest absolute Gasteiger partial charge is 0.410 e. The molecule has 7 heteroatoms. The van der Waals surface area contributed by atoms with Crippen molar-refractivity contribution in [3.63, 3.8) is 0 Å². The molecule has 0 unspecified atom stereocenters. The van der Waals surface area contributed by atoms with Gasteiger partial charge < -0.3 is 19.5 Å². The lowest BCUT2D eigenvalue weighted by molar-refractivity contribution is -0.136. The van der Waals surface area contributed by atoms with Crippen LogP contribution in [-0.4, -0.2) is 34.7 Å². The maximum absolute atomic E-state index is 14.8. The summed E-state index contributed by atoms with van der Waals surface area (Å²) in [6.45, 7) is 4.48. The minimum absolute atomic E-state index is 0.111. The fourth-order valence-corrected chi connectivity index (χ4v) is 4.28. The Morgan fingerprint density at radius 1 is 1.00 bits per heavy atom. The Hall–Kier alpha value is -3.87. The highest BCUT2D eigenvalue weighted by molar-refractivity contribution is 5.78. The number of halogens is 1. The summed E-state index contributed by atoms with van der Waals surface area (Å²) in [7, 11) is 0. The Kier molecular flexibility index (Phi) is 7.34. The van der Waals surface area contributed by atoms with Crippen molar-refractivity contribution in [2.45, 2.75) is 45.9 Å². The van der Waals surface area contributed by atoms with Crippen LogP contribution >= 0.6 is 0 Å². The third-order valence-corrected chi connectivity index (χ3v) is 5.87. The SMILES string of the molecule is CC(C)Oc1ccc(CC(=O)O)cc1-c1ccc(F)c2c1CN(C(=O)OCc1ccccc1)CC2. The van der Waals surface area contributed by atoms with E-state index in [1.165, 1.54) is 6.07 Å². The van der Waals surface area contributed by atoms with Crippen molar-refractivity contribution in [2.75, 3.05) is 6.54 Å². The molecule has 1 heterocycles. The maximum atomic E-state index is 14.8. The third kappa shape index (κ3) is 5.80. The molecule has 0 spiro atoms. The Bertz CT molecular complexity index is 1230. The summed E-state index contributed by atoms with van der Waals surface area (Å²) in [5.74, 6) is -0.692. The Labute approximate surface area is 203 Å². The molecule has 182 valence electrons. The van der Waals surface area contributed by atoms with E-state index in [0.717, 1.165) is 5.56 Å². The van der Waals surface area contributed by atoms with Gasteiger partial charge in [-0.2, -0.15) is 0 Å². The third-order valence-electron chi connectivity index (χ3n) is 5.87. The van der Waals surface area contributed by atoms with Crippen molar-refractivity contribution in [3.05, 3.63) is 88.7 Å². The van der Waals surface area contributed by atoms with Crippen LogP contribution in [0.15, 0.2) is 60.7 Å². The molecule has 1 amide bonds. The van der Waals surface area contributed by atoms with Crippen molar-refractivity contribution in [1.82, 2.24) is 4.90 Å². The quantitative estimate of drug-likeness (QED) is 0.479. The van der Waals surface area contributed by atoms with Gasteiger partial charge in [0.05, 0.1) is 12.5 Å². The van der Waals surface area contributed by atoms with Gasteiger partial charge in [0.2, 0.25) is 0 Å². The molecule has 6 nitrogen and oxygen atoms in total. The van der Waals surface area contributed by atoms with Gasteiger partial charge in [0.1, 0.15) is 18.2 Å². The van der Waals surface area contributed by atoms with Gasteiger partial charge in [-0.05, 0) is 66.3 Å². The molecule has 0 atom stereocenters. The van der Waals surface area contributed by atoms with Crippen molar-refractivity contribution >= 4 is 12.1 Å². The monoisotopic (exact) mass is 477 g/mol. The predicted octanol–water partition coefficient (Wildman–Crippen LogP) is 5.60. The first-order valence-corrected chi connectivity index (χ1v) is 11.6. The molecule has 1 aliphatic heterocycles. The standard InChI is InChI=1S/C28H28FNO5/c1-18(2)35-26-11-8-20(15-27(31)32)14-23(26)21-9-10-25(29)22-12-13-30(16-24(21)22)28(33)34-17-19-6-4-3-5-7-19/h3-11,14,18H,12-13,15-17H2,1-2H3,(H,31,32). The number of carboxylic acids is 1. The van der Waals surface area contributed by atoms with E-state index >= 15 is 0 Å². The zero-order valence-electron chi connectivity index (χ0n) is 19.8. The predicted molar refractivity (Wildman–Crippen MR) is 130 cm³/mol. The lowest BCUT2D eigenvalue weighted by Gasteiger charge is -2.30. The van der Waals surface area contributed by atoms with E-state index < -0.39 is 12.1 Å². The van der Waals surface area contributed by atoms with E-state index in [1.54, 1.807) is 29.2 Å². The second-order valence-electron chi connectivity index (χ2n) is 8.83. The van der Waals surface area contributed by atoms with E-state index in [2.05, 4.69) is 0 Å². The molecule has 35 heavy (non-hydrogen) atoms. The highest BCUT2D eigenvalue weighted by Gasteiger charge is 2.27. The molecular formula is C28H28FNO5. The highest BCUT2D eigenvalue weighted by atomic mass is 19.1. The highest BCUT2D eigenvalue weighted by Crippen LogP contribution is 2.38. The van der Waals surface area contributed by atoms with Crippen LogP contribution in [0.5, 0.6) is 5.75 Å². The minimum Gasteiger partial charge on any atom is -0.490 e. The Morgan fingerprint density at radius 2 is 1.77 bits per heavy atom. The van der Waals surface area contributed by atoms with E-state index in [1.807, 2.05) is 44.2 Å². The van der Waals surface area contributed by atoms with Gasteiger partial charge in [-0.1, -0.05) is 42.5 Å². The van der Waals surface area contributed by atoms with Gasteiger partial charge in [-0.3, -0.25) is 4.79 Å². The Balaban J connectivity index is 1.66. The van der Waals surface area contributed by atoms with Crippen LogP contribution in [0.2, 0.25) is 0 Å². The number of fused-ring (bicyclic) bond motifs is 1. The normalized spacial score (nSPS) is 12.9. The van der Waals surface area contributed by atoms with Gasteiger partial charge in [0.25, 0.3) is 0 Å². The Morgan fingerprint density at radius 3 is 2.49 bits per heavy atom. The number of ether oxygens (including phenoxy) is 2. The molecule has 3 aromatic rings. The van der Waals surface area contributed by atoms with Crippen LogP contribution in [0.3, 0.4) is 0 Å². The summed E-state index contributed by atoms with van der Waals surface area (Å²) in [6.07, 6.45) is -0.367. The number of carbonyl (C=O) groups excluding carboxylic acids is 1. The lowest BCUT2D eigenvalue weighted by atomic mass is 9.89. The molecule has 3 aromatic carbocycles. The molecule has 0 saturated heterocycles. The second kappa shape index (κ2) is 10.6. The molecule has 0 aromatic heterocycles. The molecule has 0 saturated carbocycles. The fraction of sp³-hybridized carbons (Fsp3) is 0.286. The fourth-order valence-electron chi connectivity index (χ4n) is 4.28. The lowest BCUT2D eigenvalue weighted by Crippen LogP contribution is -2.37. The molecule has 0 fully saturated rings. The molecular weight excluding hydrogens is 449 g/mol. The van der Waals surface area contributed by atoms with Gasteiger partial charge in [-0.25, -0.2) is 9.18 Å². The average molecular weight is 478 g/mol. The number of benzene rings is 3. The number of rotatable bonds is 7. The van der Waals surface area contributed by atoms with Crippen LogP contribution in [0.4, 0.5) is 9.18 Å². The number of nitrogens with zero attached hydrogens (tertiary/aromatic N) is 1. The summed E-state index contributed by atoms with van der Waals surface area (Å²) in [4.78, 5) is 25.7. The summed E-state index contributed by atoms with van der Waals surface area (Å²) in [5.41, 5.74) is 4.10. The van der Waals surface area contributed by atoms with Crippen molar-refractivity contribution in [1.29, 1.82) is 0 Å². The molecule has 1 aliphatic rings. The van der Waals surface area contributed by atoms with E-state index in [4.69, 9.17) is 9.47 Å². The maximum Gasteiger partial charge on any atom is 0.410 e. The summed E-state index contributed by atoms with van der Waals surface area (Å²) in [6, 6.07) is 17.7. The van der Waals surface area contributed by atoms with Crippen molar-refractivity contribution in [3.8, 4) is 16.9 Å². The van der Waals surface area contributed by atoms with Crippen LogP contribution in [-0.2, 0) is 35.5 Å². The van der Waals surface area contributed by atoms with Gasteiger partial charge in [-0.15, -0.1) is 0 Å². The number of carboxylic acid groups (broad SMARTS) is 1.